The zero-order valence-corrected chi connectivity index (χ0v) is 12.0. The van der Waals surface area contributed by atoms with Crippen molar-refractivity contribution in [3.63, 3.8) is 0 Å². The van der Waals surface area contributed by atoms with E-state index in [1.54, 1.807) is 0 Å². The molecule has 0 unspecified atom stereocenters. The van der Waals surface area contributed by atoms with Gasteiger partial charge in [-0.25, -0.2) is 4.98 Å². The Balaban J connectivity index is 1.52. The van der Waals surface area contributed by atoms with Gasteiger partial charge in [0.05, 0.1) is 12.0 Å². The molecule has 2 saturated heterocycles. The van der Waals surface area contributed by atoms with Crippen LogP contribution in [-0.2, 0) is 6.54 Å². The number of hydrogen-bond donors (Lipinski definition) is 1. The van der Waals surface area contributed by atoms with E-state index >= 15 is 0 Å². The Labute approximate surface area is 115 Å². The molecule has 0 spiro atoms. The lowest BCUT2D eigenvalue weighted by atomic mass is 10.1. The smallest absolute Gasteiger partial charge is 0.0951 e. The number of piperazine rings is 1. The van der Waals surface area contributed by atoms with Gasteiger partial charge in [-0.1, -0.05) is 0 Å². The van der Waals surface area contributed by atoms with Crippen LogP contribution in [0, 0.1) is 0 Å². The Hall–Kier alpha value is -0.910. The minimum absolute atomic E-state index is 0.500. The average molecular weight is 263 g/mol. The molecule has 3 rings (SSSR count). The molecule has 0 amide bonds. The van der Waals surface area contributed by atoms with Crippen LogP contribution in [-0.4, -0.2) is 64.7 Å². The van der Waals surface area contributed by atoms with Crippen LogP contribution in [0.4, 0.5) is 0 Å². The monoisotopic (exact) mass is 263 g/mol. The summed E-state index contributed by atoms with van der Waals surface area (Å²) in [6.07, 6.45) is 3.97. The summed E-state index contributed by atoms with van der Waals surface area (Å²) in [5.41, 5.74) is 1.34. The van der Waals surface area contributed by atoms with Gasteiger partial charge in [0.25, 0.3) is 0 Å². The summed E-state index contributed by atoms with van der Waals surface area (Å²) >= 11 is 0. The van der Waals surface area contributed by atoms with Crippen molar-refractivity contribution in [2.24, 2.45) is 0 Å². The highest BCUT2D eigenvalue weighted by Crippen LogP contribution is 2.14. The van der Waals surface area contributed by atoms with Crippen molar-refractivity contribution in [2.45, 2.75) is 32.5 Å². The largest absolute Gasteiger partial charge is 0.331 e. The van der Waals surface area contributed by atoms with Gasteiger partial charge in [-0.2, -0.15) is 0 Å². The maximum atomic E-state index is 4.29. The van der Waals surface area contributed by atoms with E-state index in [1.165, 1.54) is 45.0 Å². The molecule has 0 atom stereocenters. The minimum atomic E-state index is 0.500. The van der Waals surface area contributed by atoms with Crippen LogP contribution in [0.25, 0.3) is 0 Å². The van der Waals surface area contributed by atoms with E-state index in [-0.39, 0.29) is 0 Å². The van der Waals surface area contributed by atoms with Crippen molar-refractivity contribution in [1.82, 2.24) is 24.7 Å². The Kier molecular flexibility index (Phi) is 3.86. The first-order valence-electron chi connectivity index (χ1n) is 7.42. The molecule has 2 aliphatic heterocycles. The molecule has 0 aromatic carbocycles. The van der Waals surface area contributed by atoms with Crippen LogP contribution in [0.15, 0.2) is 12.5 Å². The van der Waals surface area contributed by atoms with Gasteiger partial charge in [-0.3, -0.25) is 9.80 Å². The Morgan fingerprint density at radius 3 is 2.58 bits per heavy atom. The Bertz CT molecular complexity index is 402. The fourth-order valence-corrected chi connectivity index (χ4v) is 2.97. The van der Waals surface area contributed by atoms with Crippen LogP contribution >= 0.6 is 0 Å². The molecular weight excluding hydrogens is 238 g/mol. The van der Waals surface area contributed by atoms with Gasteiger partial charge in [0, 0.05) is 64.1 Å². The first kappa shape index (κ1) is 13.1. The lowest BCUT2D eigenvalue weighted by molar-refractivity contribution is 0.0684. The molecule has 2 aliphatic rings. The number of nitrogens with zero attached hydrogens (tertiary/aromatic N) is 4. The highest BCUT2D eigenvalue weighted by atomic mass is 15.3. The molecule has 0 radical (unpaired) electrons. The predicted molar refractivity (Wildman–Crippen MR) is 76.1 cm³/mol. The fourth-order valence-electron chi connectivity index (χ4n) is 2.97. The fraction of sp³-hybridized carbons (Fsp3) is 0.786. The Morgan fingerprint density at radius 1 is 1.26 bits per heavy atom. The average Bonchev–Trinajstić information content (AvgIpc) is 2.77. The van der Waals surface area contributed by atoms with Crippen LogP contribution in [0.5, 0.6) is 0 Å². The van der Waals surface area contributed by atoms with E-state index in [1.807, 2.05) is 12.5 Å². The molecule has 1 aromatic heterocycles. The van der Waals surface area contributed by atoms with E-state index in [2.05, 4.69) is 38.5 Å². The molecule has 0 aliphatic carbocycles. The van der Waals surface area contributed by atoms with Gasteiger partial charge in [-0.15, -0.1) is 0 Å². The second-order valence-electron chi connectivity index (χ2n) is 6.01. The van der Waals surface area contributed by atoms with Gasteiger partial charge >= 0.3 is 0 Å². The zero-order valence-electron chi connectivity index (χ0n) is 12.0. The van der Waals surface area contributed by atoms with Crippen LogP contribution in [0.3, 0.4) is 0 Å². The summed E-state index contributed by atoms with van der Waals surface area (Å²) in [6.45, 7) is 12.6. The molecule has 1 aromatic rings. The van der Waals surface area contributed by atoms with Crippen LogP contribution in [0.2, 0.25) is 0 Å². The van der Waals surface area contributed by atoms with Crippen molar-refractivity contribution in [3.05, 3.63) is 18.2 Å². The van der Waals surface area contributed by atoms with Gasteiger partial charge in [0.2, 0.25) is 0 Å². The lowest BCUT2D eigenvalue weighted by Crippen LogP contribution is -2.61. The first-order chi connectivity index (χ1) is 9.24. The summed E-state index contributed by atoms with van der Waals surface area (Å²) < 4.78 is 2.28. The number of aromatic nitrogens is 2. The van der Waals surface area contributed by atoms with E-state index in [0.717, 1.165) is 12.6 Å². The van der Waals surface area contributed by atoms with E-state index in [4.69, 9.17) is 0 Å². The maximum Gasteiger partial charge on any atom is 0.0951 e. The van der Waals surface area contributed by atoms with E-state index in [9.17, 15) is 0 Å². The molecule has 0 bridgehead atoms. The molecule has 0 saturated carbocycles. The molecule has 5 nitrogen and oxygen atoms in total. The molecule has 5 heteroatoms. The van der Waals surface area contributed by atoms with Crippen LogP contribution in [0.1, 0.15) is 25.6 Å². The van der Waals surface area contributed by atoms with E-state index < -0.39 is 0 Å². The second kappa shape index (κ2) is 5.61. The first-order valence-corrected chi connectivity index (χ1v) is 7.42. The Morgan fingerprint density at radius 2 is 2.00 bits per heavy atom. The summed E-state index contributed by atoms with van der Waals surface area (Å²) in [5.74, 6) is 0. The van der Waals surface area contributed by atoms with Crippen molar-refractivity contribution in [2.75, 3.05) is 39.3 Å². The molecule has 106 valence electrons. The maximum absolute atomic E-state index is 4.29. The van der Waals surface area contributed by atoms with Gasteiger partial charge in [0.1, 0.15) is 0 Å². The topological polar surface area (TPSA) is 36.3 Å². The van der Waals surface area contributed by atoms with E-state index in [0.29, 0.717) is 6.04 Å². The van der Waals surface area contributed by atoms with Crippen molar-refractivity contribution >= 4 is 0 Å². The van der Waals surface area contributed by atoms with Crippen molar-refractivity contribution in [1.29, 1.82) is 0 Å². The lowest BCUT2D eigenvalue weighted by Gasteiger charge is -2.43. The summed E-state index contributed by atoms with van der Waals surface area (Å²) in [4.78, 5) is 9.48. The van der Waals surface area contributed by atoms with Gasteiger partial charge in [0.15, 0.2) is 0 Å². The third kappa shape index (κ3) is 2.83. The third-order valence-corrected chi connectivity index (χ3v) is 4.37. The summed E-state index contributed by atoms with van der Waals surface area (Å²) in [7, 11) is 0. The molecule has 2 fully saturated rings. The standard InChI is InChI=1S/C14H25N5/c1-12(2)19-11-16-9-14(19)10-17-3-5-18(6-4-17)13-7-15-8-13/h9,11-13,15H,3-8,10H2,1-2H3. The van der Waals surface area contributed by atoms with Gasteiger partial charge in [-0.05, 0) is 13.8 Å². The highest BCUT2D eigenvalue weighted by molar-refractivity contribution is 5.00. The zero-order chi connectivity index (χ0) is 13.2. The van der Waals surface area contributed by atoms with Crippen molar-refractivity contribution < 1.29 is 0 Å². The normalized spacial score (nSPS) is 22.9. The van der Waals surface area contributed by atoms with Crippen molar-refractivity contribution in [3.8, 4) is 0 Å². The highest BCUT2D eigenvalue weighted by Gasteiger charge is 2.27. The SMILES string of the molecule is CC(C)n1cncc1CN1CCN(C2CNC2)CC1. The molecular formula is C14H25N5. The molecule has 19 heavy (non-hydrogen) atoms. The molecule has 1 N–H and O–H groups in total. The summed E-state index contributed by atoms with van der Waals surface area (Å²) in [6, 6.07) is 1.29. The summed E-state index contributed by atoms with van der Waals surface area (Å²) in [5, 5.41) is 3.36. The predicted octanol–water partition coefficient (Wildman–Crippen LogP) is 0.553. The third-order valence-electron chi connectivity index (χ3n) is 4.37. The quantitative estimate of drug-likeness (QED) is 0.861. The number of imidazole rings is 1. The minimum Gasteiger partial charge on any atom is -0.331 e. The number of hydrogen-bond acceptors (Lipinski definition) is 4. The van der Waals surface area contributed by atoms with Gasteiger partial charge < -0.3 is 9.88 Å². The molecule has 3 heterocycles. The second-order valence-corrected chi connectivity index (χ2v) is 6.01. The number of rotatable bonds is 4. The number of nitrogens with one attached hydrogen (secondary N) is 1. The van der Waals surface area contributed by atoms with Crippen LogP contribution < -0.4 is 5.32 Å².